The zero-order chi connectivity index (χ0) is 13.1. The lowest BCUT2D eigenvalue weighted by Crippen LogP contribution is -2.52. The third-order valence-electron chi connectivity index (χ3n) is 2.81. The minimum absolute atomic E-state index is 0.0773. The van der Waals surface area contributed by atoms with Crippen molar-refractivity contribution < 1.29 is 14.7 Å². The van der Waals surface area contributed by atoms with Gasteiger partial charge in [-0.25, -0.2) is 4.79 Å². The topological polar surface area (TPSA) is 69.6 Å². The van der Waals surface area contributed by atoms with E-state index in [1.807, 2.05) is 20.8 Å². The van der Waals surface area contributed by atoms with Gasteiger partial charge in [0.1, 0.15) is 6.54 Å². The molecule has 0 aromatic heterocycles. The summed E-state index contributed by atoms with van der Waals surface area (Å²) in [5.74, 6) is -0.957. The van der Waals surface area contributed by atoms with E-state index >= 15 is 0 Å². The van der Waals surface area contributed by atoms with Crippen LogP contribution in [0.1, 0.15) is 46.5 Å². The molecular weight excluding hydrogens is 220 g/mol. The first-order valence-corrected chi connectivity index (χ1v) is 6.10. The van der Waals surface area contributed by atoms with Crippen LogP contribution in [-0.4, -0.2) is 40.1 Å². The second-order valence-electron chi connectivity index (χ2n) is 5.64. The van der Waals surface area contributed by atoms with Crippen LogP contribution in [0.4, 0.5) is 4.79 Å². The van der Waals surface area contributed by atoms with E-state index in [4.69, 9.17) is 5.11 Å². The molecule has 0 aliphatic heterocycles. The van der Waals surface area contributed by atoms with Gasteiger partial charge in [0.2, 0.25) is 0 Å². The lowest BCUT2D eigenvalue weighted by Gasteiger charge is -2.31. The summed E-state index contributed by atoms with van der Waals surface area (Å²) in [6.07, 6.45) is 3.96. The van der Waals surface area contributed by atoms with E-state index < -0.39 is 5.97 Å². The summed E-state index contributed by atoms with van der Waals surface area (Å²) in [4.78, 5) is 24.3. The Bertz CT molecular complexity index is 291. The molecule has 1 saturated carbocycles. The molecule has 0 radical (unpaired) electrons. The summed E-state index contributed by atoms with van der Waals surface area (Å²) < 4.78 is 0. The Morgan fingerprint density at radius 3 is 2.24 bits per heavy atom. The van der Waals surface area contributed by atoms with Crippen LogP contribution in [-0.2, 0) is 4.79 Å². The number of nitrogens with one attached hydrogen (secondary N) is 1. The highest BCUT2D eigenvalue weighted by molar-refractivity contribution is 5.80. The van der Waals surface area contributed by atoms with Crippen LogP contribution in [0.25, 0.3) is 0 Å². The number of hydrogen-bond acceptors (Lipinski definition) is 2. The third kappa shape index (κ3) is 4.63. The molecule has 2 N–H and O–H groups in total. The SMILES string of the molecule is CC(C)(C)NC(=O)N(CC(=O)O)C1CCCC1. The van der Waals surface area contributed by atoms with E-state index in [0.717, 1.165) is 25.7 Å². The van der Waals surface area contributed by atoms with Crippen LogP contribution in [0.2, 0.25) is 0 Å². The van der Waals surface area contributed by atoms with Crippen molar-refractivity contribution in [3.05, 3.63) is 0 Å². The molecular formula is C12H22N2O3. The fraction of sp³-hybridized carbons (Fsp3) is 0.833. The summed E-state index contributed by atoms with van der Waals surface area (Å²) >= 11 is 0. The Labute approximate surface area is 102 Å². The van der Waals surface area contributed by atoms with E-state index in [0.29, 0.717) is 0 Å². The maximum Gasteiger partial charge on any atom is 0.323 e. The first-order chi connectivity index (χ1) is 7.79. The molecule has 17 heavy (non-hydrogen) atoms. The van der Waals surface area contributed by atoms with Gasteiger partial charge in [0, 0.05) is 11.6 Å². The van der Waals surface area contributed by atoms with Crippen molar-refractivity contribution in [3.63, 3.8) is 0 Å². The van der Waals surface area contributed by atoms with Gasteiger partial charge in [0.25, 0.3) is 0 Å². The van der Waals surface area contributed by atoms with E-state index in [2.05, 4.69) is 5.32 Å². The highest BCUT2D eigenvalue weighted by Crippen LogP contribution is 2.23. The Morgan fingerprint density at radius 2 is 1.82 bits per heavy atom. The van der Waals surface area contributed by atoms with Crippen LogP contribution in [0.15, 0.2) is 0 Å². The van der Waals surface area contributed by atoms with Crippen molar-refractivity contribution in [3.8, 4) is 0 Å². The zero-order valence-corrected chi connectivity index (χ0v) is 10.8. The maximum absolute atomic E-state index is 12.0. The average Bonchev–Trinajstić information content (AvgIpc) is 2.63. The molecule has 0 spiro atoms. The van der Waals surface area contributed by atoms with Gasteiger partial charge in [-0.15, -0.1) is 0 Å². The number of aliphatic carboxylic acids is 1. The number of carboxylic acids is 1. The largest absolute Gasteiger partial charge is 0.480 e. The molecule has 0 aromatic rings. The van der Waals surface area contributed by atoms with Crippen LogP contribution in [0, 0.1) is 0 Å². The first kappa shape index (κ1) is 13.8. The number of carbonyl (C=O) groups excluding carboxylic acids is 1. The quantitative estimate of drug-likeness (QED) is 0.793. The van der Waals surface area contributed by atoms with Crippen LogP contribution < -0.4 is 5.32 Å². The van der Waals surface area contributed by atoms with Gasteiger partial charge in [-0.1, -0.05) is 12.8 Å². The van der Waals surface area contributed by atoms with Crippen LogP contribution in [0.3, 0.4) is 0 Å². The summed E-state index contributed by atoms with van der Waals surface area (Å²) in [6, 6.07) is -0.194. The summed E-state index contributed by atoms with van der Waals surface area (Å²) in [5, 5.41) is 11.7. The van der Waals surface area contributed by atoms with E-state index in [-0.39, 0.29) is 24.2 Å². The third-order valence-corrected chi connectivity index (χ3v) is 2.81. The molecule has 0 unspecified atom stereocenters. The van der Waals surface area contributed by atoms with Gasteiger partial charge in [0.15, 0.2) is 0 Å². The van der Waals surface area contributed by atoms with Crippen molar-refractivity contribution in [2.75, 3.05) is 6.54 Å². The van der Waals surface area contributed by atoms with Crippen molar-refractivity contribution in [2.24, 2.45) is 0 Å². The van der Waals surface area contributed by atoms with Crippen LogP contribution >= 0.6 is 0 Å². The van der Waals surface area contributed by atoms with E-state index in [9.17, 15) is 9.59 Å². The minimum atomic E-state index is -0.957. The second kappa shape index (κ2) is 5.38. The lowest BCUT2D eigenvalue weighted by molar-refractivity contribution is -0.138. The van der Waals surface area contributed by atoms with Gasteiger partial charge in [0.05, 0.1) is 0 Å². The van der Waals surface area contributed by atoms with Crippen LogP contribution in [0.5, 0.6) is 0 Å². The lowest BCUT2D eigenvalue weighted by atomic mass is 10.1. The van der Waals surface area contributed by atoms with Gasteiger partial charge >= 0.3 is 12.0 Å². The molecule has 0 aromatic carbocycles. The molecule has 0 bridgehead atoms. The molecule has 5 heteroatoms. The molecule has 1 aliphatic carbocycles. The predicted octanol–water partition coefficient (Wildman–Crippen LogP) is 1.82. The van der Waals surface area contributed by atoms with Crippen molar-refractivity contribution >= 4 is 12.0 Å². The van der Waals surface area contributed by atoms with Gasteiger partial charge < -0.3 is 15.3 Å². The predicted molar refractivity (Wildman–Crippen MR) is 64.9 cm³/mol. The number of carbonyl (C=O) groups is 2. The molecule has 0 saturated heterocycles. The van der Waals surface area contributed by atoms with Gasteiger partial charge in [-0.2, -0.15) is 0 Å². The Balaban J connectivity index is 2.67. The molecule has 1 aliphatic rings. The second-order valence-corrected chi connectivity index (χ2v) is 5.64. The zero-order valence-electron chi connectivity index (χ0n) is 10.8. The molecule has 0 atom stereocenters. The fourth-order valence-corrected chi connectivity index (χ4v) is 2.12. The Hall–Kier alpha value is -1.26. The van der Waals surface area contributed by atoms with E-state index in [1.54, 1.807) is 0 Å². The van der Waals surface area contributed by atoms with Crippen molar-refractivity contribution in [1.82, 2.24) is 10.2 Å². The summed E-state index contributed by atoms with van der Waals surface area (Å²) in [5.41, 5.74) is -0.341. The normalized spacial score (nSPS) is 16.9. The highest BCUT2D eigenvalue weighted by Gasteiger charge is 2.29. The number of urea groups is 1. The van der Waals surface area contributed by atoms with Gasteiger partial charge in [-0.05, 0) is 33.6 Å². The Kier molecular flexibility index (Phi) is 4.37. The Morgan fingerprint density at radius 1 is 1.29 bits per heavy atom. The van der Waals surface area contributed by atoms with Crippen molar-refractivity contribution in [2.45, 2.75) is 58.0 Å². The van der Waals surface area contributed by atoms with E-state index in [1.165, 1.54) is 4.90 Å². The molecule has 98 valence electrons. The number of hydrogen-bond donors (Lipinski definition) is 2. The number of carboxylic acid groups (broad SMARTS) is 1. The maximum atomic E-state index is 12.0. The molecule has 1 rings (SSSR count). The standard InChI is InChI=1S/C12H22N2O3/c1-12(2,3)13-11(17)14(8-10(15)16)9-6-4-5-7-9/h9H,4-8H2,1-3H3,(H,13,17)(H,15,16). The monoisotopic (exact) mass is 242 g/mol. The smallest absolute Gasteiger partial charge is 0.323 e. The number of rotatable bonds is 3. The summed E-state index contributed by atoms with van der Waals surface area (Å²) in [7, 11) is 0. The van der Waals surface area contributed by atoms with Crippen molar-refractivity contribution in [1.29, 1.82) is 0 Å². The highest BCUT2D eigenvalue weighted by atomic mass is 16.4. The fourth-order valence-electron chi connectivity index (χ4n) is 2.12. The first-order valence-electron chi connectivity index (χ1n) is 6.10. The molecule has 1 fully saturated rings. The number of amides is 2. The van der Waals surface area contributed by atoms with Gasteiger partial charge in [-0.3, -0.25) is 4.79 Å². The molecule has 5 nitrogen and oxygen atoms in total. The molecule has 0 heterocycles. The number of nitrogens with zero attached hydrogens (tertiary/aromatic N) is 1. The molecule has 2 amide bonds. The summed E-state index contributed by atoms with van der Waals surface area (Å²) in [6.45, 7) is 5.45. The average molecular weight is 242 g/mol. The minimum Gasteiger partial charge on any atom is -0.480 e.